The quantitative estimate of drug-likeness (QED) is 0.932. The maximum absolute atomic E-state index is 12.4. The van der Waals surface area contributed by atoms with E-state index in [1.165, 1.54) is 0 Å². The van der Waals surface area contributed by atoms with Crippen molar-refractivity contribution >= 4 is 10.8 Å². The summed E-state index contributed by atoms with van der Waals surface area (Å²) < 4.78 is 23.6. The van der Waals surface area contributed by atoms with E-state index in [0.717, 1.165) is 18.7 Å². The van der Waals surface area contributed by atoms with Gasteiger partial charge in [0.15, 0.2) is 11.5 Å². The molecule has 0 fully saturated rings. The van der Waals surface area contributed by atoms with Crippen molar-refractivity contribution in [2.24, 2.45) is 0 Å². The fourth-order valence-electron chi connectivity index (χ4n) is 2.05. The summed E-state index contributed by atoms with van der Waals surface area (Å²) in [5.74, 6) is 3.05. The number of H-pyrrole nitrogens is 1. The van der Waals surface area contributed by atoms with E-state index in [4.69, 9.17) is 9.47 Å². The Balaban J connectivity index is 1.76. The SMILES string of the molecule is CCc1n[nH]c(C[S@@](=O)c2ccc3c(c2)OCCCO3)n1. The smallest absolute Gasteiger partial charge is 0.162 e. The first-order chi connectivity index (χ1) is 10.3. The van der Waals surface area contributed by atoms with Crippen LogP contribution in [0, 0.1) is 0 Å². The Morgan fingerprint density at radius 1 is 1.29 bits per heavy atom. The molecule has 0 aliphatic carbocycles. The lowest BCUT2D eigenvalue weighted by Crippen LogP contribution is -2.00. The molecule has 0 saturated carbocycles. The highest BCUT2D eigenvalue weighted by molar-refractivity contribution is 7.84. The first-order valence-electron chi connectivity index (χ1n) is 6.94. The molecular formula is C14H17N3O3S. The maximum Gasteiger partial charge on any atom is 0.162 e. The number of benzene rings is 1. The number of hydrogen-bond acceptors (Lipinski definition) is 5. The van der Waals surface area contributed by atoms with Gasteiger partial charge in [0, 0.05) is 23.8 Å². The van der Waals surface area contributed by atoms with Crippen LogP contribution in [-0.4, -0.2) is 32.6 Å². The third-order valence-corrected chi connectivity index (χ3v) is 4.46. The summed E-state index contributed by atoms with van der Waals surface area (Å²) in [6.07, 6.45) is 1.61. The molecular weight excluding hydrogens is 290 g/mol. The Hall–Kier alpha value is -1.89. The minimum atomic E-state index is -1.20. The summed E-state index contributed by atoms with van der Waals surface area (Å²) in [6.45, 7) is 3.24. The van der Waals surface area contributed by atoms with Crippen molar-refractivity contribution in [2.75, 3.05) is 13.2 Å². The number of hydrogen-bond donors (Lipinski definition) is 1. The van der Waals surface area contributed by atoms with Crippen LogP contribution >= 0.6 is 0 Å². The number of rotatable bonds is 4. The Morgan fingerprint density at radius 3 is 2.86 bits per heavy atom. The van der Waals surface area contributed by atoms with Gasteiger partial charge in [-0.25, -0.2) is 4.98 Å². The normalized spacial score (nSPS) is 15.5. The summed E-state index contributed by atoms with van der Waals surface area (Å²) in [6, 6.07) is 5.40. The van der Waals surface area contributed by atoms with E-state index in [2.05, 4.69) is 15.2 Å². The minimum Gasteiger partial charge on any atom is -0.490 e. The molecule has 1 aromatic heterocycles. The molecule has 0 spiro atoms. The monoisotopic (exact) mass is 307 g/mol. The second-order valence-electron chi connectivity index (χ2n) is 4.70. The zero-order valence-electron chi connectivity index (χ0n) is 11.8. The second-order valence-corrected chi connectivity index (χ2v) is 6.15. The largest absolute Gasteiger partial charge is 0.490 e. The lowest BCUT2D eigenvalue weighted by Gasteiger charge is -2.08. The molecule has 6 nitrogen and oxygen atoms in total. The van der Waals surface area contributed by atoms with E-state index in [1.54, 1.807) is 12.1 Å². The van der Waals surface area contributed by atoms with Gasteiger partial charge in [-0.05, 0) is 12.1 Å². The van der Waals surface area contributed by atoms with E-state index < -0.39 is 10.8 Å². The van der Waals surface area contributed by atoms with E-state index in [1.807, 2.05) is 13.0 Å². The minimum absolute atomic E-state index is 0.312. The van der Waals surface area contributed by atoms with Crippen LogP contribution in [0.1, 0.15) is 25.0 Å². The molecule has 1 aliphatic heterocycles. The van der Waals surface area contributed by atoms with Gasteiger partial charge in [-0.15, -0.1) is 0 Å². The van der Waals surface area contributed by atoms with Crippen molar-refractivity contribution in [1.29, 1.82) is 0 Å². The number of fused-ring (bicyclic) bond motifs is 1. The third kappa shape index (κ3) is 3.24. The Kier molecular flexibility index (Phi) is 4.19. The molecule has 112 valence electrons. The number of aromatic amines is 1. The molecule has 0 bridgehead atoms. The fraction of sp³-hybridized carbons (Fsp3) is 0.429. The van der Waals surface area contributed by atoms with E-state index in [0.29, 0.717) is 41.2 Å². The summed E-state index contributed by atoms with van der Waals surface area (Å²) in [5, 5.41) is 6.87. The van der Waals surface area contributed by atoms with E-state index in [-0.39, 0.29) is 0 Å². The average molecular weight is 307 g/mol. The number of aryl methyl sites for hydroxylation is 1. The maximum atomic E-state index is 12.4. The topological polar surface area (TPSA) is 77.1 Å². The lowest BCUT2D eigenvalue weighted by molar-refractivity contribution is 0.297. The first-order valence-corrected chi connectivity index (χ1v) is 8.26. The molecule has 1 atom stereocenters. The van der Waals surface area contributed by atoms with Gasteiger partial charge in [0.2, 0.25) is 0 Å². The van der Waals surface area contributed by atoms with Gasteiger partial charge in [0.25, 0.3) is 0 Å². The standard InChI is InChI=1S/C14H17N3O3S/c1-2-13-15-14(17-16-13)9-21(18)10-4-5-11-12(8-10)20-7-3-6-19-11/h4-5,8H,2-3,6-7,9H2,1H3,(H,15,16,17)/t21-/m1/s1. The first kappa shape index (κ1) is 14.1. The number of nitrogens with zero attached hydrogens (tertiary/aromatic N) is 2. The number of nitrogens with one attached hydrogen (secondary N) is 1. The summed E-state index contributed by atoms with van der Waals surface area (Å²) >= 11 is 0. The molecule has 0 amide bonds. The number of aromatic nitrogens is 3. The van der Waals surface area contributed by atoms with Gasteiger partial charge in [0.05, 0.1) is 29.8 Å². The molecule has 0 saturated heterocycles. The predicted molar refractivity (Wildman–Crippen MR) is 77.9 cm³/mol. The van der Waals surface area contributed by atoms with Crippen molar-refractivity contribution in [2.45, 2.75) is 30.4 Å². The molecule has 7 heteroatoms. The van der Waals surface area contributed by atoms with E-state index >= 15 is 0 Å². The van der Waals surface area contributed by atoms with Crippen molar-refractivity contribution in [1.82, 2.24) is 15.2 Å². The van der Waals surface area contributed by atoms with Crippen LogP contribution in [0.3, 0.4) is 0 Å². The van der Waals surface area contributed by atoms with Gasteiger partial charge >= 0.3 is 0 Å². The Labute approximate surface area is 125 Å². The van der Waals surface area contributed by atoms with Crippen LogP contribution in [0.5, 0.6) is 11.5 Å². The molecule has 0 radical (unpaired) electrons. The molecule has 21 heavy (non-hydrogen) atoms. The Bertz CT molecular complexity index is 657. The average Bonchev–Trinajstić information content (AvgIpc) is 2.82. The molecule has 1 aromatic carbocycles. The third-order valence-electron chi connectivity index (χ3n) is 3.14. The number of ether oxygens (including phenoxy) is 2. The van der Waals surface area contributed by atoms with Crippen LogP contribution in [-0.2, 0) is 23.0 Å². The Morgan fingerprint density at radius 2 is 2.10 bits per heavy atom. The van der Waals surface area contributed by atoms with Gasteiger partial charge in [-0.1, -0.05) is 6.92 Å². The molecule has 0 unspecified atom stereocenters. The summed E-state index contributed by atoms with van der Waals surface area (Å²) in [4.78, 5) is 4.98. The van der Waals surface area contributed by atoms with Crippen LogP contribution in [0.15, 0.2) is 23.1 Å². The highest BCUT2D eigenvalue weighted by Crippen LogP contribution is 2.31. The molecule has 1 aliphatic rings. The van der Waals surface area contributed by atoms with Crippen molar-refractivity contribution in [3.05, 3.63) is 29.8 Å². The predicted octanol–water partition coefficient (Wildman–Crippen LogP) is 1.84. The summed E-state index contributed by atoms with van der Waals surface area (Å²) in [5.41, 5.74) is 0. The van der Waals surface area contributed by atoms with Gasteiger partial charge in [-0.2, -0.15) is 5.10 Å². The van der Waals surface area contributed by atoms with Crippen molar-refractivity contribution in [3.8, 4) is 11.5 Å². The molecule has 3 rings (SSSR count). The zero-order valence-corrected chi connectivity index (χ0v) is 12.6. The molecule has 2 aromatic rings. The van der Waals surface area contributed by atoms with Crippen molar-refractivity contribution < 1.29 is 13.7 Å². The highest BCUT2D eigenvalue weighted by Gasteiger charge is 2.14. The molecule has 2 heterocycles. The molecule has 1 N–H and O–H groups in total. The van der Waals surface area contributed by atoms with Crippen LogP contribution in [0.2, 0.25) is 0 Å². The van der Waals surface area contributed by atoms with Crippen molar-refractivity contribution in [3.63, 3.8) is 0 Å². The zero-order chi connectivity index (χ0) is 14.7. The van der Waals surface area contributed by atoms with Gasteiger partial charge in [0.1, 0.15) is 11.6 Å². The second kappa shape index (κ2) is 6.26. The van der Waals surface area contributed by atoms with Crippen LogP contribution in [0.4, 0.5) is 0 Å². The summed E-state index contributed by atoms with van der Waals surface area (Å²) in [7, 11) is -1.20. The van der Waals surface area contributed by atoms with E-state index in [9.17, 15) is 4.21 Å². The highest BCUT2D eigenvalue weighted by atomic mass is 32.2. The van der Waals surface area contributed by atoms with Gasteiger partial charge in [-0.3, -0.25) is 9.31 Å². The lowest BCUT2D eigenvalue weighted by atomic mass is 10.3. The fourth-order valence-corrected chi connectivity index (χ4v) is 3.05. The van der Waals surface area contributed by atoms with Crippen LogP contribution < -0.4 is 9.47 Å². The van der Waals surface area contributed by atoms with Gasteiger partial charge < -0.3 is 9.47 Å². The van der Waals surface area contributed by atoms with Crippen LogP contribution in [0.25, 0.3) is 0 Å².